The molecule has 1 N–H and O–H groups in total. The van der Waals surface area contributed by atoms with Crippen molar-refractivity contribution in [2.45, 2.75) is 33.6 Å². The van der Waals surface area contributed by atoms with Crippen molar-refractivity contribution < 1.29 is 4.79 Å². The zero-order valence-electron chi connectivity index (χ0n) is 9.39. The summed E-state index contributed by atoms with van der Waals surface area (Å²) in [5, 5.41) is 3.81. The van der Waals surface area contributed by atoms with Gasteiger partial charge < -0.3 is 5.32 Å². The van der Waals surface area contributed by atoms with Gasteiger partial charge >= 0.3 is 0 Å². The lowest BCUT2D eigenvalue weighted by atomic mass is 10.3. The molecule has 3 heteroatoms. The summed E-state index contributed by atoms with van der Waals surface area (Å²) in [6.45, 7) is 5.80. The van der Waals surface area contributed by atoms with Crippen LogP contribution >= 0.6 is 11.8 Å². The summed E-state index contributed by atoms with van der Waals surface area (Å²) in [4.78, 5) is 11.5. The molecule has 0 aliphatic carbocycles. The first kappa shape index (κ1) is 13.3. The summed E-state index contributed by atoms with van der Waals surface area (Å²) in [6.07, 6.45) is 7.94. The van der Waals surface area contributed by atoms with E-state index in [2.05, 4.69) is 18.3 Å². The smallest absolute Gasteiger partial charge is 0.251 e. The van der Waals surface area contributed by atoms with Gasteiger partial charge in [-0.25, -0.2) is 0 Å². The Balaban J connectivity index is 4.25. The molecule has 0 aromatic carbocycles. The van der Waals surface area contributed by atoms with E-state index in [0.29, 0.717) is 0 Å². The summed E-state index contributed by atoms with van der Waals surface area (Å²) in [5.74, 6) is -0.01000. The fraction of sp³-hybridized carbons (Fsp3) is 0.545. The average molecular weight is 213 g/mol. The average Bonchev–Trinajstić information content (AvgIpc) is 2.22. The van der Waals surface area contributed by atoms with Crippen molar-refractivity contribution in [1.82, 2.24) is 5.32 Å². The van der Waals surface area contributed by atoms with Crippen molar-refractivity contribution in [3.8, 4) is 0 Å². The standard InChI is InChI=1S/C11H19NOS/c1-5-7-8-10(14-4)12-11(13)9(3)6-2/h6,8H,5,7H2,1-4H3,(H,12,13)/b9-6-,10-8-. The van der Waals surface area contributed by atoms with Crippen LogP contribution in [0.1, 0.15) is 33.6 Å². The maximum Gasteiger partial charge on any atom is 0.251 e. The highest BCUT2D eigenvalue weighted by Crippen LogP contribution is 2.10. The molecule has 0 rings (SSSR count). The molecule has 0 aromatic rings. The molecule has 2 nitrogen and oxygen atoms in total. The minimum atomic E-state index is -0.01000. The van der Waals surface area contributed by atoms with Gasteiger partial charge in [-0.3, -0.25) is 4.79 Å². The van der Waals surface area contributed by atoms with Crippen molar-refractivity contribution >= 4 is 17.7 Å². The van der Waals surface area contributed by atoms with Gasteiger partial charge in [0.25, 0.3) is 5.91 Å². The minimum Gasteiger partial charge on any atom is -0.317 e. The van der Waals surface area contributed by atoms with Crippen LogP contribution in [0.25, 0.3) is 0 Å². The predicted octanol–water partition coefficient (Wildman–Crippen LogP) is 3.07. The predicted molar refractivity (Wildman–Crippen MR) is 64.1 cm³/mol. The van der Waals surface area contributed by atoms with Crippen LogP contribution in [0.4, 0.5) is 0 Å². The lowest BCUT2D eigenvalue weighted by Crippen LogP contribution is -2.21. The van der Waals surface area contributed by atoms with Gasteiger partial charge in [0.2, 0.25) is 0 Å². The van der Waals surface area contributed by atoms with Gasteiger partial charge in [-0.05, 0) is 26.5 Å². The molecule has 0 radical (unpaired) electrons. The molecule has 0 unspecified atom stereocenters. The highest BCUT2D eigenvalue weighted by Gasteiger charge is 2.04. The van der Waals surface area contributed by atoms with E-state index in [1.165, 1.54) is 0 Å². The molecule has 0 fully saturated rings. The number of thioether (sulfide) groups is 1. The highest BCUT2D eigenvalue weighted by atomic mass is 32.2. The van der Waals surface area contributed by atoms with Gasteiger partial charge in [0.15, 0.2) is 0 Å². The monoisotopic (exact) mass is 213 g/mol. The molecule has 80 valence electrons. The number of hydrogen-bond donors (Lipinski definition) is 1. The van der Waals surface area contributed by atoms with Crippen molar-refractivity contribution in [2.24, 2.45) is 0 Å². The second-order valence-corrected chi connectivity index (χ2v) is 3.84. The van der Waals surface area contributed by atoms with Crippen molar-refractivity contribution in [3.05, 3.63) is 22.8 Å². The first-order chi connectivity index (χ1) is 6.65. The first-order valence-electron chi connectivity index (χ1n) is 4.84. The number of hydrogen-bond acceptors (Lipinski definition) is 2. The number of unbranched alkanes of at least 4 members (excludes halogenated alkanes) is 1. The summed E-state index contributed by atoms with van der Waals surface area (Å²) in [5.41, 5.74) is 0.751. The fourth-order valence-corrected chi connectivity index (χ4v) is 1.28. The number of amides is 1. The van der Waals surface area contributed by atoms with E-state index in [9.17, 15) is 4.79 Å². The Labute approximate surface area is 90.8 Å². The lowest BCUT2D eigenvalue weighted by molar-refractivity contribution is -0.116. The van der Waals surface area contributed by atoms with Gasteiger partial charge in [-0.15, -0.1) is 11.8 Å². The molecule has 14 heavy (non-hydrogen) atoms. The maximum atomic E-state index is 11.5. The van der Waals surface area contributed by atoms with E-state index < -0.39 is 0 Å². The Morgan fingerprint density at radius 2 is 2.14 bits per heavy atom. The minimum absolute atomic E-state index is 0.01000. The second kappa shape index (κ2) is 7.68. The summed E-state index contributed by atoms with van der Waals surface area (Å²) >= 11 is 1.57. The Hall–Kier alpha value is -0.700. The Morgan fingerprint density at radius 1 is 1.50 bits per heavy atom. The number of allylic oxidation sites excluding steroid dienone is 2. The molecule has 0 aromatic heterocycles. The van der Waals surface area contributed by atoms with Gasteiger partial charge in [0, 0.05) is 5.57 Å². The topological polar surface area (TPSA) is 29.1 Å². The third-order valence-electron chi connectivity index (χ3n) is 1.87. The number of nitrogens with one attached hydrogen (secondary N) is 1. The van der Waals surface area contributed by atoms with E-state index in [-0.39, 0.29) is 5.91 Å². The second-order valence-electron chi connectivity index (χ2n) is 2.99. The normalized spacial score (nSPS) is 12.9. The SMILES string of the molecule is C/C=C(/C)C(=O)N/C(=C/CCC)SC. The fourth-order valence-electron chi connectivity index (χ4n) is 0.802. The quantitative estimate of drug-likeness (QED) is 0.711. The molecule has 0 bridgehead atoms. The molecule has 1 amide bonds. The van der Waals surface area contributed by atoms with Crippen LogP contribution in [0.15, 0.2) is 22.8 Å². The van der Waals surface area contributed by atoms with Crippen molar-refractivity contribution in [3.63, 3.8) is 0 Å². The van der Waals surface area contributed by atoms with Crippen LogP contribution in [0.2, 0.25) is 0 Å². The highest BCUT2D eigenvalue weighted by molar-refractivity contribution is 8.02. The molecule has 0 saturated carbocycles. The zero-order valence-corrected chi connectivity index (χ0v) is 10.2. The van der Waals surface area contributed by atoms with E-state index in [1.54, 1.807) is 11.8 Å². The van der Waals surface area contributed by atoms with Crippen LogP contribution in [-0.2, 0) is 4.79 Å². The van der Waals surface area contributed by atoms with Crippen LogP contribution in [0.3, 0.4) is 0 Å². The van der Waals surface area contributed by atoms with Crippen LogP contribution in [0.5, 0.6) is 0 Å². The van der Waals surface area contributed by atoms with Gasteiger partial charge in [0.1, 0.15) is 0 Å². The van der Waals surface area contributed by atoms with E-state index in [4.69, 9.17) is 0 Å². The molecular weight excluding hydrogens is 194 g/mol. The van der Waals surface area contributed by atoms with E-state index in [1.807, 2.05) is 26.2 Å². The van der Waals surface area contributed by atoms with Crippen LogP contribution in [0, 0.1) is 0 Å². The maximum absolute atomic E-state index is 11.5. The molecule has 0 saturated heterocycles. The van der Waals surface area contributed by atoms with Gasteiger partial charge in [-0.2, -0.15) is 0 Å². The zero-order chi connectivity index (χ0) is 11.0. The largest absolute Gasteiger partial charge is 0.317 e. The number of carbonyl (C=O) groups is 1. The molecule has 0 heterocycles. The number of carbonyl (C=O) groups excluding carboxylic acids is 1. The number of rotatable bonds is 5. The van der Waals surface area contributed by atoms with Gasteiger partial charge in [0.05, 0.1) is 5.03 Å². The molecule has 0 aliphatic rings. The van der Waals surface area contributed by atoms with E-state index >= 15 is 0 Å². The van der Waals surface area contributed by atoms with E-state index in [0.717, 1.165) is 23.4 Å². The summed E-state index contributed by atoms with van der Waals surface area (Å²) in [7, 11) is 0. The Morgan fingerprint density at radius 3 is 2.57 bits per heavy atom. The van der Waals surface area contributed by atoms with Crippen molar-refractivity contribution in [2.75, 3.05) is 6.26 Å². The van der Waals surface area contributed by atoms with Crippen LogP contribution < -0.4 is 5.32 Å². The lowest BCUT2D eigenvalue weighted by Gasteiger charge is -2.06. The van der Waals surface area contributed by atoms with Crippen molar-refractivity contribution in [1.29, 1.82) is 0 Å². The molecule has 0 aliphatic heterocycles. The van der Waals surface area contributed by atoms with Gasteiger partial charge in [-0.1, -0.05) is 25.5 Å². The third-order valence-corrected chi connectivity index (χ3v) is 2.57. The third kappa shape index (κ3) is 5.12. The molecular formula is C11H19NOS. The molecule has 0 spiro atoms. The Kier molecular flexibility index (Phi) is 7.30. The van der Waals surface area contributed by atoms with Crippen LogP contribution in [-0.4, -0.2) is 12.2 Å². The first-order valence-corrected chi connectivity index (χ1v) is 6.06. The molecule has 0 atom stereocenters. The summed E-state index contributed by atoms with van der Waals surface area (Å²) < 4.78 is 0. The summed E-state index contributed by atoms with van der Waals surface area (Å²) in [6, 6.07) is 0. The Bertz CT molecular complexity index is 244.